The van der Waals surface area contributed by atoms with E-state index in [-0.39, 0.29) is 12.0 Å². The van der Waals surface area contributed by atoms with Gasteiger partial charge in [0.15, 0.2) is 0 Å². The number of carbonyl (C=O) groups is 1. The van der Waals surface area contributed by atoms with E-state index in [0.29, 0.717) is 32.7 Å². The van der Waals surface area contributed by atoms with E-state index in [9.17, 15) is 9.90 Å². The first-order chi connectivity index (χ1) is 11.2. The number of rotatable bonds is 7. The number of piperazine rings is 1. The predicted molar refractivity (Wildman–Crippen MR) is 90.1 cm³/mol. The van der Waals surface area contributed by atoms with Crippen molar-refractivity contribution in [3.05, 3.63) is 35.9 Å². The maximum atomic E-state index is 12.4. The number of benzene rings is 1. The molecule has 1 aliphatic heterocycles. The third-order valence-corrected chi connectivity index (χ3v) is 4.31. The van der Waals surface area contributed by atoms with Crippen LogP contribution < -0.4 is 0 Å². The number of aliphatic hydroxyl groups is 1. The Morgan fingerprint density at radius 2 is 1.83 bits per heavy atom. The SMILES string of the molecule is CCO[C@@H](CC)C(=O)N1CCN(C[C@H](O)c2ccccc2)CC1. The van der Waals surface area contributed by atoms with Gasteiger partial charge in [-0.1, -0.05) is 37.3 Å². The molecule has 1 saturated heterocycles. The maximum absolute atomic E-state index is 12.4. The summed E-state index contributed by atoms with van der Waals surface area (Å²) in [5.74, 6) is 0.0950. The van der Waals surface area contributed by atoms with Crippen LogP contribution in [-0.4, -0.2) is 66.2 Å². The molecule has 0 saturated carbocycles. The lowest BCUT2D eigenvalue weighted by atomic mass is 10.1. The first kappa shape index (κ1) is 17.9. The van der Waals surface area contributed by atoms with Gasteiger partial charge in [0.2, 0.25) is 0 Å². The lowest BCUT2D eigenvalue weighted by molar-refractivity contribution is -0.145. The van der Waals surface area contributed by atoms with E-state index in [1.165, 1.54) is 0 Å². The molecule has 1 heterocycles. The molecule has 2 atom stereocenters. The number of carbonyl (C=O) groups excluding carboxylic acids is 1. The highest BCUT2D eigenvalue weighted by molar-refractivity contribution is 5.81. The highest BCUT2D eigenvalue weighted by atomic mass is 16.5. The number of ether oxygens (including phenoxy) is 1. The molecule has 1 aromatic rings. The van der Waals surface area contributed by atoms with E-state index in [1.807, 2.05) is 49.1 Å². The van der Waals surface area contributed by atoms with E-state index in [4.69, 9.17) is 4.74 Å². The van der Waals surface area contributed by atoms with E-state index >= 15 is 0 Å². The average Bonchev–Trinajstić information content (AvgIpc) is 2.60. The number of hydrogen-bond donors (Lipinski definition) is 1. The summed E-state index contributed by atoms with van der Waals surface area (Å²) in [5, 5.41) is 10.3. The van der Waals surface area contributed by atoms with Gasteiger partial charge in [-0.2, -0.15) is 0 Å². The molecule has 0 spiro atoms. The van der Waals surface area contributed by atoms with Crippen molar-refractivity contribution in [1.82, 2.24) is 9.80 Å². The molecule has 1 fully saturated rings. The molecule has 23 heavy (non-hydrogen) atoms. The molecule has 1 aliphatic rings. The summed E-state index contributed by atoms with van der Waals surface area (Å²) in [6, 6.07) is 9.71. The molecule has 2 rings (SSSR count). The van der Waals surface area contributed by atoms with E-state index in [2.05, 4.69) is 4.90 Å². The van der Waals surface area contributed by atoms with Crippen LogP contribution in [-0.2, 0) is 9.53 Å². The quantitative estimate of drug-likeness (QED) is 0.830. The third-order valence-electron chi connectivity index (χ3n) is 4.31. The highest BCUT2D eigenvalue weighted by Crippen LogP contribution is 2.15. The van der Waals surface area contributed by atoms with Gasteiger partial charge in [-0.05, 0) is 18.9 Å². The van der Waals surface area contributed by atoms with Crippen LogP contribution in [0.5, 0.6) is 0 Å². The van der Waals surface area contributed by atoms with Crippen molar-refractivity contribution in [3.8, 4) is 0 Å². The Morgan fingerprint density at radius 3 is 2.39 bits per heavy atom. The van der Waals surface area contributed by atoms with Crippen LogP contribution in [0.15, 0.2) is 30.3 Å². The monoisotopic (exact) mass is 320 g/mol. The van der Waals surface area contributed by atoms with Gasteiger partial charge in [-0.25, -0.2) is 0 Å². The Labute approximate surface area is 138 Å². The van der Waals surface area contributed by atoms with Crippen molar-refractivity contribution < 1.29 is 14.6 Å². The van der Waals surface area contributed by atoms with Crippen LogP contribution in [0, 0.1) is 0 Å². The van der Waals surface area contributed by atoms with E-state index < -0.39 is 6.10 Å². The molecule has 5 heteroatoms. The van der Waals surface area contributed by atoms with Crippen LogP contribution in [0.25, 0.3) is 0 Å². The molecule has 0 bridgehead atoms. The predicted octanol–water partition coefficient (Wildman–Crippen LogP) is 1.68. The number of aliphatic hydroxyl groups excluding tert-OH is 1. The molecular weight excluding hydrogens is 292 g/mol. The van der Waals surface area contributed by atoms with E-state index in [1.54, 1.807) is 0 Å². The molecule has 0 aliphatic carbocycles. The van der Waals surface area contributed by atoms with E-state index in [0.717, 1.165) is 18.7 Å². The van der Waals surface area contributed by atoms with Crippen LogP contribution in [0.2, 0.25) is 0 Å². The Bertz CT molecular complexity index is 472. The van der Waals surface area contributed by atoms with Crippen molar-refractivity contribution in [1.29, 1.82) is 0 Å². The molecule has 1 amide bonds. The van der Waals surface area contributed by atoms with Crippen LogP contribution in [0.4, 0.5) is 0 Å². The van der Waals surface area contributed by atoms with Crippen LogP contribution in [0.1, 0.15) is 31.9 Å². The zero-order chi connectivity index (χ0) is 16.7. The fourth-order valence-electron chi connectivity index (χ4n) is 2.94. The van der Waals surface area contributed by atoms with Gasteiger partial charge in [0, 0.05) is 39.3 Å². The van der Waals surface area contributed by atoms with Gasteiger partial charge in [-0.3, -0.25) is 9.69 Å². The highest BCUT2D eigenvalue weighted by Gasteiger charge is 2.27. The van der Waals surface area contributed by atoms with Crippen LogP contribution in [0.3, 0.4) is 0 Å². The largest absolute Gasteiger partial charge is 0.387 e. The number of β-amino-alcohol motifs (C(OH)–C–C–N with tert-alkyl or cyclic N) is 1. The Kier molecular flexibility index (Phi) is 7.02. The summed E-state index contributed by atoms with van der Waals surface area (Å²) in [6.07, 6.45) is -0.0914. The van der Waals surface area contributed by atoms with Gasteiger partial charge in [0.1, 0.15) is 6.10 Å². The average molecular weight is 320 g/mol. The zero-order valence-electron chi connectivity index (χ0n) is 14.1. The normalized spacial score (nSPS) is 18.7. The fraction of sp³-hybridized carbons (Fsp3) is 0.611. The molecule has 5 nitrogen and oxygen atoms in total. The smallest absolute Gasteiger partial charge is 0.251 e. The van der Waals surface area contributed by atoms with Crippen molar-refractivity contribution in [3.63, 3.8) is 0 Å². The lowest BCUT2D eigenvalue weighted by Crippen LogP contribution is -2.52. The van der Waals surface area contributed by atoms with Crippen molar-refractivity contribution in [2.24, 2.45) is 0 Å². The van der Waals surface area contributed by atoms with Crippen molar-refractivity contribution in [2.45, 2.75) is 32.5 Å². The van der Waals surface area contributed by atoms with Gasteiger partial charge in [-0.15, -0.1) is 0 Å². The Balaban J connectivity index is 1.80. The minimum atomic E-state index is -0.481. The topological polar surface area (TPSA) is 53.0 Å². The summed E-state index contributed by atoms with van der Waals surface area (Å²) < 4.78 is 5.51. The maximum Gasteiger partial charge on any atom is 0.251 e. The second-order valence-corrected chi connectivity index (χ2v) is 5.90. The first-order valence-electron chi connectivity index (χ1n) is 8.51. The second-order valence-electron chi connectivity index (χ2n) is 5.90. The van der Waals surface area contributed by atoms with Crippen LogP contribution >= 0.6 is 0 Å². The van der Waals surface area contributed by atoms with Gasteiger partial charge >= 0.3 is 0 Å². The molecule has 0 unspecified atom stereocenters. The van der Waals surface area contributed by atoms with Gasteiger partial charge in [0.05, 0.1) is 6.10 Å². The lowest BCUT2D eigenvalue weighted by Gasteiger charge is -2.37. The number of nitrogens with zero attached hydrogens (tertiary/aromatic N) is 2. The number of amides is 1. The summed E-state index contributed by atoms with van der Waals surface area (Å²) >= 11 is 0. The summed E-state index contributed by atoms with van der Waals surface area (Å²) in [4.78, 5) is 16.5. The summed E-state index contributed by atoms with van der Waals surface area (Å²) in [6.45, 7) is 8.04. The molecule has 128 valence electrons. The summed E-state index contributed by atoms with van der Waals surface area (Å²) in [7, 11) is 0. The Morgan fingerprint density at radius 1 is 1.17 bits per heavy atom. The van der Waals surface area contributed by atoms with Crippen molar-refractivity contribution in [2.75, 3.05) is 39.3 Å². The standard InChI is InChI=1S/C18H28N2O3/c1-3-17(23-4-2)18(22)20-12-10-19(11-13-20)14-16(21)15-8-6-5-7-9-15/h5-9,16-17,21H,3-4,10-14H2,1-2H3/t16-,17-/m0/s1. The third kappa shape index (κ3) is 5.03. The molecule has 1 N–H and O–H groups in total. The molecule has 0 aromatic heterocycles. The minimum Gasteiger partial charge on any atom is -0.387 e. The van der Waals surface area contributed by atoms with Gasteiger partial charge < -0.3 is 14.7 Å². The number of hydrogen-bond acceptors (Lipinski definition) is 4. The summed E-state index contributed by atoms with van der Waals surface area (Å²) in [5.41, 5.74) is 0.938. The first-order valence-corrected chi connectivity index (χ1v) is 8.51. The minimum absolute atomic E-state index is 0.0950. The van der Waals surface area contributed by atoms with Crippen molar-refractivity contribution >= 4 is 5.91 Å². The Hall–Kier alpha value is -1.43. The van der Waals surface area contributed by atoms with Gasteiger partial charge in [0.25, 0.3) is 5.91 Å². The molecule has 1 aromatic carbocycles. The fourth-order valence-corrected chi connectivity index (χ4v) is 2.94. The molecular formula is C18H28N2O3. The zero-order valence-corrected chi connectivity index (χ0v) is 14.1. The molecule has 0 radical (unpaired) electrons. The second kappa shape index (κ2) is 9.01.